The van der Waals surface area contributed by atoms with Gasteiger partial charge < -0.3 is 23.7 Å². The molecule has 138 valence electrons. The van der Waals surface area contributed by atoms with Crippen molar-refractivity contribution in [1.29, 1.82) is 0 Å². The Morgan fingerprint density at radius 3 is 1.85 bits per heavy atom. The summed E-state index contributed by atoms with van der Waals surface area (Å²) in [6, 6.07) is 14.5. The van der Waals surface area contributed by atoms with Crippen molar-refractivity contribution in [3.63, 3.8) is 0 Å². The smallest absolute Gasteiger partial charge is 0.210 e. The van der Waals surface area contributed by atoms with Crippen LogP contribution in [0.1, 0.15) is 6.92 Å². The third-order valence-corrected chi connectivity index (χ3v) is 3.80. The lowest BCUT2D eigenvalue weighted by atomic mass is 10.2. The average Bonchev–Trinajstić information content (AvgIpc) is 2.66. The van der Waals surface area contributed by atoms with Crippen molar-refractivity contribution in [2.45, 2.75) is 13.0 Å². The quantitative estimate of drug-likeness (QED) is 0.722. The minimum absolute atomic E-state index is 0.110. The van der Waals surface area contributed by atoms with Crippen LogP contribution in [0.4, 0.5) is 0 Å². The minimum atomic E-state index is -0.669. The van der Waals surface area contributed by atoms with Gasteiger partial charge in [0.15, 0.2) is 35.7 Å². The Morgan fingerprint density at radius 1 is 0.731 bits per heavy atom. The fourth-order valence-electron chi connectivity index (χ4n) is 2.40. The van der Waals surface area contributed by atoms with Crippen molar-refractivity contribution in [3.05, 3.63) is 48.5 Å². The van der Waals surface area contributed by atoms with Crippen LogP contribution in [0.2, 0.25) is 0 Å². The lowest BCUT2D eigenvalue weighted by Gasteiger charge is -2.18. The van der Waals surface area contributed by atoms with Gasteiger partial charge in [0.1, 0.15) is 13.2 Å². The number of Topliss-reactive ketones (excluding diaryl/α,β-unsaturated/α-hetero) is 1. The topological polar surface area (TPSA) is 63.2 Å². The third-order valence-electron chi connectivity index (χ3n) is 3.80. The molecule has 0 saturated heterocycles. The van der Waals surface area contributed by atoms with E-state index in [9.17, 15) is 4.79 Å². The van der Waals surface area contributed by atoms with E-state index in [0.29, 0.717) is 49.4 Å². The lowest BCUT2D eigenvalue weighted by Crippen LogP contribution is -2.29. The van der Waals surface area contributed by atoms with Crippen LogP contribution in [0.5, 0.6) is 23.0 Å². The molecule has 1 heterocycles. The molecule has 1 unspecified atom stereocenters. The zero-order valence-electron chi connectivity index (χ0n) is 14.7. The van der Waals surface area contributed by atoms with Gasteiger partial charge in [0, 0.05) is 0 Å². The summed E-state index contributed by atoms with van der Waals surface area (Å²) < 4.78 is 28.3. The monoisotopic (exact) mass is 358 g/mol. The predicted octanol–water partition coefficient (Wildman–Crippen LogP) is 2.89. The number of ether oxygens (including phenoxy) is 5. The fraction of sp³-hybridized carbons (Fsp3) is 0.350. The highest BCUT2D eigenvalue weighted by Crippen LogP contribution is 2.28. The normalized spacial score (nSPS) is 19.0. The number of carbonyl (C=O) groups is 1. The van der Waals surface area contributed by atoms with E-state index >= 15 is 0 Å². The predicted molar refractivity (Wildman–Crippen MR) is 95.3 cm³/mol. The second kappa shape index (κ2) is 9.10. The second-order valence-corrected chi connectivity index (χ2v) is 5.72. The van der Waals surface area contributed by atoms with Crippen molar-refractivity contribution in [2.24, 2.45) is 0 Å². The van der Waals surface area contributed by atoms with Gasteiger partial charge in [0.05, 0.1) is 13.2 Å². The van der Waals surface area contributed by atoms with Crippen molar-refractivity contribution in [2.75, 3.05) is 33.0 Å². The molecule has 2 aromatic carbocycles. The molecule has 2 aromatic rings. The van der Waals surface area contributed by atoms with Crippen molar-refractivity contribution in [1.82, 2.24) is 0 Å². The largest absolute Gasteiger partial charge is 0.487 e. The molecular formula is C20H22O6. The van der Waals surface area contributed by atoms with E-state index in [1.807, 2.05) is 24.3 Å². The number of hydrogen-bond donors (Lipinski definition) is 0. The number of benzene rings is 2. The number of carbonyl (C=O) groups excluding carboxylic acids is 1. The van der Waals surface area contributed by atoms with Crippen LogP contribution >= 0.6 is 0 Å². The van der Waals surface area contributed by atoms with Crippen molar-refractivity contribution < 1.29 is 28.5 Å². The Bertz CT molecular complexity index is 730. The summed E-state index contributed by atoms with van der Waals surface area (Å²) in [5.74, 6) is 2.01. The Kier molecular flexibility index (Phi) is 6.33. The van der Waals surface area contributed by atoms with Gasteiger partial charge in [-0.15, -0.1) is 0 Å². The first kappa shape index (κ1) is 18.1. The standard InChI is InChI=1S/C20H22O6/c1-15-16(21)14-25-18-7-3-2-6-17(18)23-12-10-22-11-13-24-19-8-4-5-9-20(19)26-15/h2-9,15H,10-14H2,1H3. The molecule has 0 spiro atoms. The first-order valence-electron chi connectivity index (χ1n) is 8.57. The number of ketones is 1. The summed E-state index contributed by atoms with van der Waals surface area (Å²) in [4.78, 5) is 12.4. The second-order valence-electron chi connectivity index (χ2n) is 5.72. The highest BCUT2D eigenvalue weighted by molar-refractivity contribution is 5.84. The molecule has 1 atom stereocenters. The zero-order chi connectivity index (χ0) is 18.2. The molecule has 26 heavy (non-hydrogen) atoms. The van der Waals surface area contributed by atoms with E-state index in [-0.39, 0.29) is 12.4 Å². The molecule has 3 rings (SSSR count). The number of para-hydroxylation sites is 4. The van der Waals surface area contributed by atoms with Gasteiger partial charge in [0.2, 0.25) is 5.78 Å². The van der Waals surface area contributed by atoms with Gasteiger partial charge >= 0.3 is 0 Å². The Morgan fingerprint density at radius 2 is 1.23 bits per heavy atom. The van der Waals surface area contributed by atoms with E-state index in [1.54, 1.807) is 31.2 Å². The van der Waals surface area contributed by atoms with E-state index < -0.39 is 6.10 Å². The average molecular weight is 358 g/mol. The number of rotatable bonds is 0. The molecule has 0 radical (unpaired) electrons. The summed E-state index contributed by atoms with van der Waals surface area (Å²) in [5, 5.41) is 0. The molecule has 1 aliphatic heterocycles. The van der Waals surface area contributed by atoms with Gasteiger partial charge in [0.25, 0.3) is 0 Å². The molecule has 0 aliphatic carbocycles. The van der Waals surface area contributed by atoms with Gasteiger partial charge in [-0.25, -0.2) is 0 Å². The van der Waals surface area contributed by atoms with Crippen molar-refractivity contribution >= 4 is 5.78 Å². The van der Waals surface area contributed by atoms with Crippen LogP contribution in [-0.4, -0.2) is 44.9 Å². The first-order chi connectivity index (χ1) is 12.7. The molecule has 0 fully saturated rings. The minimum Gasteiger partial charge on any atom is -0.487 e. The SMILES string of the molecule is CC1Oc2ccccc2OCCOCCOc2ccccc2OCC1=O. The van der Waals surface area contributed by atoms with E-state index in [0.717, 1.165) is 0 Å². The maximum absolute atomic E-state index is 12.4. The van der Waals surface area contributed by atoms with Crippen molar-refractivity contribution in [3.8, 4) is 23.0 Å². The highest BCUT2D eigenvalue weighted by Gasteiger charge is 2.18. The Balaban J connectivity index is 1.75. The molecule has 6 nitrogen and oxygen atoms in total. The van der Waals surface area contributed by atoms with Gasteiger partial charge in [-0.05, 0) is 31.2 Å². The molecule has 6 heteroatoms. The number of fused-ring (bicyclic) bond motifs is 2. The molecule has 0 saturated carbocycles. The Labute approximate surface area is 152 Å². The van der Waals surface area contributed by atoms with Gasteiger partial charge in [-0.1, -0.05) is 24.3 Å². The molecule has 0 amide bonds. The molecule has 0 aromatic heterocycles. The summed E-state index contributed by atoms with van der Waals surface area (Å²) in [6.45, 7) is 3.18. The third kappa shape index (κ3) is 4.89. The summed E-state index contributed by atoms with van der Waals surface area (Å²) in [6.07, 6.45) is -0.669. The van der Waals surface area contributed by atoms with Crippen LogP contribution in [0.25, 0.3) is 0 Å². The maximum Gasteiger partial charge on any atom is 0.210 e. The fourth-order valence-corrected chi connectivity index (χ4v) is 2.40. The van der Waals surface area contributed by atoms with E-state index in [4.69, 9.17) is 23.7 Å². The maximum atomic E-state index is 12.4. The van der Waals surface area contributed by atoms with E-state index in [1.165, 1.54) is 0 Å². The van der Waals surface area contributed by atoms with Crippen LogP contribution in [0.3, 0.4) is 0 Å². The molecular weight excluding hydrogens is 336 g/mol. The first-order valence-corrected chi connectivity index (χ1v) is 8.57. The van der Waals surface area contributed by atoms with Crippen LogP contribution in [0, 0.1) is 0 Å². The molecule has 0 N–H and O–H groups in total. The Hall–Kier alpha value is -2.73. The van der Waals surface area contributed by atoms with E-state index in [2.05, 4.69) is 0 Å². The highest BCUT2D eigenvalue weighted by atomic mass is 16.6. The summed E-state index contributed by atoms with van der Waals surface area (Å²) >= 11 is 0. The molecule has 0 bridgehead atoms. The van der Waals surface area contributed by atoms with Gasteiger partial charge in [-0.3, -0.25) is 4.79 Å². The van der Waals surface area contributed by atoms with Crippen LogP contribution in [0.15, 0.2) is 48.5 Å². The van der Waals surface area contributed by atoms with Gasteiger partial charge in [-0.2, -0.15) is 0 Å². The number of hydrogen-bond acceptors (Lipinski definition) is 6. The summed E-state index contributed by atoms with van der Waals surface area (Å²) in [5.41, 5.74) is 0. The van der Waals surface area contributed by atoms with Crippen LogP contribution in [-0.2, 0) is 9.53 Å². The van der Waals surface area contributed by atoms with Crippen LogP contribution < -0.4 is 18.9 Å². The lowest BCUT2D eigenvalue weighted by molar-refractivity contribution is -0.127. The molecule has 1 aliphatic rings. The summed E-state index contributed by atoms with van der Waals surface area (Å²) in [7, 11) is 0. The zero-order valence-corrected chi connectivity index (χ0v) is 14.7.